The van der Waals surface area contributed by atoms with Crippen molar-refractivity contribution in [3.8, 4) is 5.75 Å². The molecule has 2 fully saturated rings. The number of methoxy groups -OCH3 is 1. The van der Waals surface area contributed by atoms with Gasteiger partial charge in [-0.15, -0.1) is 0 Å². The Morgan fingerprint density at radius 3 is 2.43 bits per heavy atom. The van der Waals surface area contributed by atoms with Crippen molar-refractivity contribution < 1.29 is 19.1 Å². The molecule has 152 valence electrons. The van der Waals surface area contributed by atoms with Crippen LogP contribution in [0, 0.1) is 23.7 Å². The molecule has 1 N–H and O–H groups in total. The number of rotatable bonds is 4. The molecule has 2 bridgehead atoms. The van der Waals surface area contributed by atoms with E-state index in [1.54, 1.807) is 42.5 Å². The zero-order valence-electron chi connectivity index (χ0n) is 16.2. The van der Waals surface area contributed by atoms with Gasteiger partial charge in [0.2, 0.25) is 11.8 Å². The number of anilines is 2. The van der Waals surface area contributed by atoms with Crippen LogP contribution in [-0.2, 0) is 9.59 Å². The molecule has 1 saturated heterocycles. The summed E-state index contributed by atoms with van der Waals surface area (Å²) in [5.74, 6) is -0.525. The molecule has 1 saturated carbocycles. The van der Waals surface area contributed by atoms with Gasteiger partial charge in [-0.1, -0.05) is 29.8 Å². The van der Waals surface area contributed by atoms with Gasteiger partial charge in [0.05, 0.1) is 30.3 Å². The van der Waals surface area contributed by atoms with Gasteiger partial charge in [0.25, 0.3) is 5.91 Å². The first-order chi connectivity index (χ1) is 14.5. The molecule has 1 heterocycles. The molecule has 7 heteroatoms. The van der Waals surface area contributed by atoms with Crippen molar-refractivity contribution in [2.24, 2.45) is 23.7 Å². The Hall–Kier alpha value is -3.12. The van der Waals surface area contributed by atoms with E-state index in [-0.39, 0.29) is 35.5 Å². The van der Waals surface area contributed by atoms with E-state index < -0.39 is 5.91 Å². The summed E-state index contributed by atoms with van der Waals surface area (Å²) in [4.78, 5) is 40.1. The molecule has 6 nitrogen and oxygen atoms in total. The van der Waals surface area contributed by atoms with Crippen LogP contribution < -0.4 is 15.0 Å². The van der Waals surface area contributed by atoms with Gasteiger partial charge in [-0.25, -0.2) is 4.90 Å². The van der Waals surface area contributed by atoms with Crippen LogP contribution in [0.15, 0.2) is 54.6 Å². The van der Waals surface area contributed by atoms with Crippen LogP contribution in [0.2, 0.25) is 5.02 Å². The highest BCUT2D eigenvalue weighted by Crippen LogP contribution is 2.53. The highest BCUT2D eigenvalue weighted by molar-refractivity contribution is 6.31. The Morgan fingerprint density at radius 2 is 1.77 bits per heavy atom. The van der Waals surface area contributed by atoms with Crippen molar-refractivity contribution in [3.63, 3.8) is 0 Å². The summed E-state index contributed by atoms with van der Waals surface area (Å²) in [6.45, 7) is 0. The maximum Gasteiger partial charge on any atom is 0.255 e. The van der Waals surface area contributed by atoms with Crippen LogP contribution in [0.4, 0.5) is 11.4 Å². The number of hydrogen-bond donors (Lipinski definition) is 1. The van der Waals surface area contributed by atoms with E-state index >= 15 is 0 Å². The fourth-order valence-corrected chi connectivity index (χ4v) is 5.09. The number of allylic oxidation sites excluding steroid dienone is 2. The van der Waals surface area contributed by atoms with Crippen molar-refractivity contribution in [1.82, 2.24) is 0 Å². The third-order valence-corrected chi connectivity index (χ3v) is 6.48. The lowest BCUT2D eigenvalue weighted by molar-refractivity contribution is -0.123. The van der Waals surface area contributed by atoms with E-state index in [4.69, 9.17) is 16.3 Å². The Kier molecular flexibility index (Phi) is 4.40. The second kappa shape index (κ2) is 6.99. The highest BCUT2D eigenvalue weighted by atomic mass is 35.5. The monoisotopic (exact) mass is 422 g/mol. The van der Waals surface area contributed by atoms with Gasteiger partial charge in [-0.05, 0) is 54.7 Å². The Balaban J connectivity index is 1.41. The second-order valence-corrected chi connectivity index (χ2v) is 8.30. The molecule has 5 rings (SSSR count). The van der Waals surface area contributed by atoms with Crippen molar-refractivity contribution in [2.45, 2.75) is 6.42 Å². The molecule has 2 aromatic carbocycles. The molecule has 1 aliphatic heterocycles. The van der Waals surface area contributed by atoms with Crippen LogP contribution in [0.5, 0.6) is 5.75 Å². The van der Waals surface area contributed by atoms with Crippen LogP contribution in [0.1, 0.15) is 16.8 Å². The van der Waals surface area contributed by atoms with Crippen molar-refractivity contribution in [3.05, 3.63) is 65.2 Å². The van der Waals surface area contributed by atoms with Crippen LogP contribution in [0.25, 0.3) is 0 Å². The van der Waals surface area contributed by atoms with Gasteiger partial charge in [0.1, 0.15) is 5.75 Å². The van der Waals surface area contributed by atoms with E-state index in [1.807, 2.05) is 0 Å². The number of amides is 3. The third-order valence-electron chi connectivity index (χ3n) is 6.25. The number of imide groups is 1. The summed E-state index contributed by atoms with van der Waals surface area (Å²) in [7, 11) is 1.50. The molecule has 0 aromatic heterocycles. The third kappa shape index (κ3) is 2.82. The summed E-state index contributed by atoms with van der Waals surface area (Å²) in [6.07, 6.45) is 5.00. The Morgan fingerprint density at radius 1 is 1.07 bits per heavy atom. The minimum atomic E-state index is -0.390. The molecule has 0 spiro atoms. The maximum absolute atomic E-state index is 13.0. The molecule has 0 unspecified atom stereocenters. The van der Waals surface area contributed by atoms with Crippen LogP contribution in [-0.4, -0.2) is 24.8 Å². The molecule has 3 aliphatic rings. The average Bonchev–Trinajstić information content (AvgIpc) is 3.42. The minimum absolute atomic E-state index is 0.142. The largest absolute Gasteiger partial charge is 0.495 e. The summed E-state index contributed by atoms with van der Waals surface area (Å²) in [5.41, 5.74) is 1.18. The second-order valence-electron chi connectivity index (χ2n) is 7.86. The maximum atomic E-state index is 13.0. The number of nitrogens with zero attached hydrogens (tertiary/aromatic N) is 1. The van der Waals surface area contributed by atoms with E-state index in [0.29, 0.717) is 27.7 Å². The summed E-state index contributed by atoms with van der Waals surface area (Å²) in [6, 6.07) is 11.5. The first kappa shape index (κ1) is 18.9. The summed E-state index contributed by atoms with van der Waals surface area (Å²) < 4.78 is 5.26. The topological polar surface area (TPSA) is 75.7 Å². The normalized spacial score (nSPS) is 26.3. The predicted octanol–water partition coefficient (Wildman–Crippen LogP) is 3.91. The van der Waals surface area contributed by atoms with E-state index in [1.165, 1.54) is 12.0 Å². The summed E-state index contributed by atoms with van der Waals surface area (Å²) in [5, 5.41) is 3.24. The minimum Gasteiger partial charge on any atom is -0.495 e. The number of carbonyl (C=O) groups excluding carboxylic acids is 3. The van der Waals surface area contributed by atoms with E-state index in [2.05, 4.69) is 17.5 Å². The molecule has 0 radical (unpaired) electrons. The molecular weight excluding hydrogens is 404 g/mol. The Labute approximate surface area is 178 Å². The molecule has 30 heavy (non-hydrogen) atoms. The average molecular weight is 423 g/mol. The number of halogens is 1. The van der Waals surface area contributed by atoms with Gasteiger partial charge in [0.15, 0.2) is 0 Å². The number of hydrogen-bond acceptors (Lipinski definition) is 4. The Bertz CT molecular complexity index is 1080. The van der Waals surface area contributed by atoms with E-state index in [9.17, 15) is 14.4 Å². The number of benzene rings is 2. The van der Waals surface area contributed by atoms with Crippen LogP contribution in [0.3, 0.4) is 0 Å². The first-order valence-corrected chi connectivity index (χ1v) is 10.2. The van der Waals surface area contributed by atoms with E-state index in [0.717, 1.165) is 6.42 Å². The standard InChI is InChI=1S/C23H19ClN2O4/c1-30-18-8-7-15(24)11-17(18)25-21(27)14-3-2-4-16(10-14)26-22(28)19-12-5-6-13(9-12)20(19)23(26)29/h2-8,10-13,19-20H,9H2,1H3,(H,25,27)/t12-,13-,19-,20+/m0/s1. The fourth-order valence-electron chi connectivity index (χ4n) is 4.92. The SMILES string of the molecule is COc1ccc(Cl)cc1NC(=O)c1cccc(N2C(=O)[C@@H]3[C@H](C2=O)[C@H]2C=C[C@H]3C2)c1. The van der Waals surface area contributed by atoms with Gasteiger partial charge in [-0.3, -0.25) is 14.4 Å². The fraction of sp³-hybridized carbons (Fsp3) is 0.261. The number of ether oxygens (including phenoxy) is 1. The summed E-state index contributed by atoms with van der Waals surface area (Å²) >= 11 is 6.03. The lowest BCUT2D eigenvalue weighted by atomic mass is 9.85. The number of nitrogens with one attached hydrogen (secondary N) is 1. The zero-order chi connectivity index (χ0) is 21.0. The lowest BCUT2D eigenvalue weighted by Crippen LogP contribution is -2.33. The van der Waals surface area contributed by atoms with Gasteiger partial charge in [-0.2, -0.15) is 0 Å². The van der Waals surface area contributed by atoms with Crippen molar-refractivity contribution in [1.29, 1.82) is 0 Å². The number of carbonyl (C=O) groups is 3. The molecule has 2 aromatic rings. The molecule has 2 aliphatic carbocycles. The molecular formula is C23H19ClN2O4. The molecule has 3 amide bonds. The highest BCUT2D eigenvalue weighted by Gasteiger charge is 2.59. The number of fused-ring (bicyclic) bond motifs is 5. The quantitative estimate of drug-likeness (QED) is 0.598. The van der Waals surface area contributed by atoms with Gasteiger partial charge >= 0.3 is 0 Å². The van der Waals surface area contributed by atoms with Crippen LogP contribution >= 0.6 is 11.6 Å². The predicted molar refractivity (Wildman–Crippen MR) is 113 cm³/mol. The first-order valence-electron chi connectivity index (χ1n) is 9.79. The smallest absolute Gasteiger partial charge is 0.255 e. The zero-order valence-corrected chi connectivity index (χ0v) is 16.9. The van der Waals surface area contributed by atoms with Crippen molar-refractivity contribution >= 4 is 40.7 Å². The lowest BCUT2D eigenvalue weighted by Gasteiger charge is -2.18. The molecule has 4 atom stereocenters. The van der Waals surface area contributed by atoms with Crippen molar-refractivity contribution in [2.75, 3.05) is 17.3 Å². The van der Waals surface area contributed by atoms with Gasteiger partial charge in [0, 0.05) is 10.6 Å². The van der Waals surface area contributed by atoms with Gasteiger partial charge < -0.3 is 10.1 Å².